The van der Waals surface area contributed by atoms with E-state index in [1.165, 1.54) is 18.3 Å². The molecule has 1 fully saturated rings. The van der Waals surface area contributed by atoms with E-state index >= 15 is 0 Å². The fraction of sp³-hybridized carbons (Fsp3) is 0.350. The van der Waals surface area contributed by atoms with Crippen LogP contribution in [0.3, 0.4) is 0 Å². The van der Waals surface area contributed by atoms with E-state index < -0.39 is 0 Å². The summed E-state index contributed by atoms with van der Waals surface area (Å²) in [6.45, 7) is 2.59. The van der Waals surface area contributed by atoms with E-state index in [-0.39, 0.29) is 23.4 Å². The average molecular weight is 388 g/mol. The fourth-order valence-electron chi connectivity index (χ4n) is 3.24. The van der Waals surface area contributed by atoms with E-state index in [0.29, 0.717) is 22.8 Å². The van der Waals surface area contributed by atoms with E-state index in [0.717, 1.165) is 23.3 Å². The number of ketones is 2. The number of Topliss-reactive ketones (excluding diaryl/α,β-unsaturated/α-hetero) is 2. The zero-order valence-electron chi connectivity index (χ0n) is 14.9. The maximum atomic E-state index is 13.0. The lowest BCUT2D eigenvalue weighted by Gasteiger charge is -2.32. The molecule has 3 rings (SSSR count). The largest absolute Gasteiger partial charge is 0.337 e. The number of hydrogen-bond acceptors (Lipinski definition) is 5. The van der Waals surface area contributed by atoms with E-state index in [4.69, 9.17) is 0 Å². The summed E-state index contributed by atoms with van der Waals surface area (Å²) in [7, 11) is 0. The molecule has 1 atom stereocenters. The molecule has 0 saturated carbocycles. The second kappa shape index (κ2) is 8.18. The van der Waals surface area contributed by atoms with Gasteiger partial charge in [-0.15, -0.1) is 23.1 Å². The Morgan fingerprint density at radius 2 is 1.85 bits per heavy atom. The van der Waals surface area contributed by atoms with Crippen LogP contribution < -0.4 is 0 Å². The van der Waals surface area contributed by atoms with Crippen LogP contribution in [0.25, 0.3) is 0 Å². The van der Waals surface area contributed by atoms with Gasteiger partial charge >= 0.3 is 0 Å². The molecule has 1 aliphatic heterocycles. The normalized spacial score (nSPS) is 17.2. The number of amides is 1. The molecule has 2 heterocycles. The van der Waals surface area contributed by atoms with Crippen LogP contribution in [0.5, 0.6) is 0 Å². The topological polar surface area (TPSA) is 54.5 Å². The van der Waals surface area contributed by atoms with Gasteiger partial charge in [-0.05, 0) is 44.2 Å². The molecule has 1 saturated heterocycles. The molecule has 6 heteroatoms. The summed E-state index contributed by atoms with van der Waals surface area (Å²) in [5.74, 6) is -0.177. The zero-order valence-corrected chi connectivity index (χ0v) is 16.5. The molecule has 2 aromatic rings. The fourth-order valence-corrected chi connectivity index (χ4v) is 4.71. The van der Waals surface area contributed by atoms with Crippen LogP contribution in [0.15, 0.2) is 41.3 Å². The van der Waals surface area contributed by atoms with Crippen LogP contribution in [-0.4, -0.2) is 41.7 Å². The smallest absolute Gasteiger partial charge is 0.263 e. The first kappa shape index (κ1) is 18.9. The van der Waals surface area contributed by atoms with Crippen LogP contribution in [0.4, 0.5) is 0 Å². The number of thiophene rings is 1. The summed E-state index contributed by atoms with van der Waals surface area (Å²) >= 11 is 2.79. The van der Waals surface area contributed by atoms with Crippen LogP contribution in [0.1, 0.15) is 49.5 Å². The minimum absolute atomic E-state index is 0.0329. The van der Waals surface area contributed by atoms with Crippen molar-refractivity contribution in [2.75, 3.05) is 19.3 Å². The van der Waals surface area contributed by atoms with Crippen molar-refractivity contribution in [1.82, 2.24) is 4.90 Å². The minimum Gasteiger partial charge on any atom is -0.337 e. The summed E-state index contributed by atoms with van der Waals surface area (Å²) in [4.78, 5) is 41.1. The SMILES string of the molecule is CSc1ccccc1C(=O)[C@H]1CCCN(C(=O)c2ccc(C(C)=O)s2)C1. The van der Waals surface area contributed by atoms with Crippen molar-refractivity contribution in [3.05, 3.63) is 51.7 Å². The second-order valence-corrected chi connectivity index (χ2v) is 8.31. The standard InChI is InChI=1S/C20H21NO3S2/c1-13(22)16-9-10-18(26-16)20(24)21-11-5-6-14(12-21)19(23)15-7-3-4-8-17(15)25-2/h3-4,7-10,14H,5-6,11-12H2,1-2H3/t14-/m0/s1. The van der Waals surface area contributed by atoms with Gasteiger partial charge in [-0.2, -0.15) is 0 Å². The summed E-state index contributed by atoms with van der Waals surface area (Å²) in [6, 6.07) is 11.0. The number of carbonyl (C=O) groups excluding carboxylic acids is 3. The van der Waals surface area contributed by atoms with E-state index in [2.05, 4.69) is 0 Å². The number of benzene rings is 1. The van der Waals surface area contributed by atoms with Gasteiger partial charge in [0.15, 0.2) is 11.6 Å². The Bertz CT molecular complexity index is 843. The number of hydrogen-bond donors (Lipinski definition) is 0. The summed E-state index contributed by atoms with van der Waals surface area (Å²) in [5, 5.41) is 0. The van der Waals surface area contributed by atoms with Crippen molar-refractivity contribution in [3.63, 3.8) is 0 Å². The molecule has 1 aromatic heterocycles. The third-order valence-electron chi connectivity index (χ3n) is 4.62. The summed E-state index contributed by atoms with van der Waals surface area (Å²) < 4.78 is 0. The lowest BCUT2D eigenvalue weighted by atomic mass is 9.90. The van der Waals surface area contributed by atoms with E-state index in [1.54, 1.807) is 28.8 Å². The molecule has 1 aliphatic rings. The number of nitrogens with zero attached hydrogens (tertiary/aromatic N) is 1. The van der Waals surface area contributed by atoms with Crippen LogP contribution in [0, 0.1) is 5.92 Å². The zero-order chi connectivity index (χ0) is 18.7. The molecule has 0 radical (unpaired) electrons. The molecule has 0 bridgehead atoms. The van der Waals surface area contributed by atoms with Crippen LogP contribution in [-0.2, 0) is 0 Å². The van der Waals surface area contributed by atoms with Crippen LogP contribution >= 0.6 is 23.1 Å². The molecule has 136 valence electrons. The van der Waals surface area contributed by atoms with Gasteiger partial charge in [0.2, 0.25) is 0 Å². The van der Waals surface area contributed by atoms with Crippen molar-refractivity contribution >= 4 is 40.6 Å². The predicted molar refractivity (Wildman–Crippen MR) is 106 cm³/mol. The van der Waals surface area contributed by atoms with Gasteiger partial charge in [-0.1, -0.05) is 18.2 Å². The third-order valence-corrected chi connectivity index (χ3v) is 6.59. The van der Waals surface area contributed by atoms with Crippen molar-refractivity contribution in [2.45, 2.75) is 24.7 Å². The molecule has 26 heavy (non-hydrogen) atoms. The Morgan fingerprint density at radius 1 is 1.12 bits per heavy atom. The molecule has 1 amide bonds. The quantitative estimate of drug-likeness (QED) is 0.563. The van der Waals surface area contributed by atoms with Gasteiger partial charge < -0.3 is 4.90 Å². The van der Waals surface area contributed by atoms with E-state index in [9.17, 15) is 14.4 Å². The number of carbonyl (C=O) groups is 3. The Morgan fingerprint density at radius 3 is 2.54 bits per heavy atom. The highest BCUT2D eigenvalue weighted by Crippen LogP contribution is 2.28. The van der Waals surface area contributed by atoms with Crippen molar-refractivity contribution < 1.29 is 14.4 Å². The maximum absolute atomic E-state index is 13.0. The third kappa shape index (κ3) is 3.91. The van der Waals surface area contributed by atoms with Gasteiger partial charge in [0, 0.05) is 29.5 Å². The van der Waals surface area contributed by atoms with Gasteiger partial charge in [0.1, 0.15) is 0 Å². The van der Waals surface area contributed by atoms with E-state index in [1.807, 2.05) is 30.5 Å². The molecule has 4 nitrogen and oxygen atoms in total. The highest BCUT2D eigenvalue weighted by atomic mass is 32.2. The van der Waals surface area contributed by atoms with Crippen molar-refractivity contribution in [3.8, 4) is 0 Å². The number of piperidine rings is 1. The average Bonchev–Trinajstić information content (AvgIpc) is 3.17. The van der Waals surface area contributed by atoms with Gasteiger partial charge in [0.25, 0.3) is 5.91 Å². The van der Waals surface area contributed by atoms with Gasteiger partial charge in [0.05, 0.1) is 9.75 Å². The first-order valence-electron chi connectivity index (χ1n) is 8.58. The minimum atomic E-state index is -0.173. The van der Waals surface area contributed by atoms with Crippen LogP contribution in [0.2, 0.25) is 0 Å². The number of thioether (sulfide) groups is 1. The summed E-state index contributed by atoms with van der Waals surface area (Å²) in [6.07, 6.45) is 3.58. The molecule has 0 aliphatic carbocycles. The molecule has 1 aromatic carbocycles. The monoisotopic (exact) mass is 387 g/mol. The molecule has 0 unspecified atom stereocenters. The predicted octanol–water partition coefficient (Wildman–Crippen LogP) is 4.41. The number of likely N-dealkylation sites (tertiary alicyclic amines) is 1. The maximum Gasteiger partial charge on any atom is 0.263 e. The second-order valence-electron chi connectivity index (χ2n) is 6.37. The molecular formula is C20H21NO3S2. The van der Waals surface area contributed by atoms with Gasteiger partial charge in [-0.25, -0.2) is 0 Å². The summed E-state index contributed by atoms with van der Waals surface area (Å²) in [5.41, 5.74) is 0.745. The molecular weight excluding hydrogens is 366 g/mol. The first-order valence-corrected chi connectivity index (χ1v) is 10.6. The Balaban J connectivity index is 1.75. The van der Waals surface area contributed by atoms with Crippen molar-refractivity contribution in [1.29, 1.82) is 0 Å². The Labute approximate surface area is 161 Å². The highest BCUT2D eigenvalue weighted by Gasteiger charge is 2.30. The Hall–Kier alpha value is -1.92. The number of rotatable bonds is 5. The van der Waals surface area contributed by atoms with Crippen molar-refractivity contribution in [2.24, 2.45) is 5.92 Å². The highest BCUT2D eigenvalue weighted by molar-refractivity contribution is 7.98. The molecule has 0 spiro atoms. The van der Waals surface area contributed by atoms with Gasteiger partial charge in [-0.3, -0.25) is 14.4 Å². The lowest BCUT2D eigenvalue weighted by molar-refractivity contribution is 0.0640. The lowest BCUT2D eigenvalue weighted by Crippen LogP contribution is -2.42. The first-order chi connectivity index (χ1) is 12.5. The molecule has 0 N–H and O–H groups in total. The Kier molecular flexibility index (Phi) is 5.94.